The molecule has 5 nitrogen and oxygen atoms in total. The first-order valence-corrected chi connectivity index (χ1v) is 10.4. The van der Waals surface area contributed by atoms with Crippen LogP contribution in [0.25, 0.3) is 0 Å². The van der Waals surface area contributed by atoms with Crippen LogP contribution < -0.4 is 9.80 Å². The van der Waals surface area contributed by atoms with Crippen molar-refractivity contribution in [1.29, 1.82) is 0 Å². The van der Waals surface area contributed by atoms with Crippen LogP contribution >= 0.6 is 35.7 Å². The molecule has 2 aromatic rings. The summed E-state index contributed by atoms with van der Waals surface area (Å²) in [6.45, 7) is -0.144. The Morgan fingerprint density at radius 2 is 1.75 bits per heavy atom. The van der Waals surface area contributed by atoms with Gasteiger partial charge in [0.1, 0.15) is 6.54 Å². The molecule has 0 aromatic heterocycles. The fourth-order valence-electron chi connectivity index (χ4n) is 2.90. The number of thiocarbonyl (C=S) groups is 1. The third-order valence-electron chi connectivity index (χ3n) is 4.12. The second kappa shape index (κ2) is 7.83. The molecule has 0 spiro atoms. The molecule has 0 bridgehead atoms. The molecule has 2 aliphatic heterocycles. The fraction of sp³-hybridized carbons (Fsp3) is 0.0500. The molecule has 2 heterocycles. The molecule has 0 aliphatic carbocycles. The molecule has 1 N–H and O–H groups in total. The van der Waals surface area contributed by atoms with Crippen LogP contribution in [0.5, 0.6) is 0 Å². The van der Waals surface area contributed by atoms with Crippen molar-refractivity contribution in [2.24, 2.45) is 0 Å². The predicted octanol–water partition coefficient (Wildman–Crippen LogP) is 4.47. The van der Waals surface area contributed by atoms with Gasteiger partial charge in [-0.05, 0) is 36.4 Å². The van der Waals surface area contributed by atoms with Crippen LogP contribution in [-0.2, 0) is 9.59 Å². The summed E-state index contributed by atoms with van der Waals surface area (Å²) < 4.78 is 0.477. The van der Waals surface area contributed by atoms with Crippen molar-refractivity contribution in [3.05, 3.63) is 76.7 Å². The molecule has 0 radical (unpaired) electrons. The van der Waals surface area contributed by atoms with Crippen molar-refractivity contribution >= 4 is 63.3 Å². The number of aliphatic carboxylic acids is 1. The number of amides is 1. The number of para-hydroxylation sites is 2. The number of hydrogen-bond donors (Lipinski definition) is 1. The number of benzene rings is 2. The Bertz CT molecular complexity index is 1030. The van der Waals surface area contributed by atoms with Gasteiger partial charge in [-0.1, -0.05) is 66.1 Å². The highest BCUT2D eigenvalue weighted by molar-refractivity contribution is 8.27. The lowest BCUT2D eigenvalue weighted by atomic mass is 10.3. The Hall–Kier alpha value is -2.55. The van der Waals surface area contributed by atoms with Gasteiger partial charge in [0, 0.05) is 4.90 Å². The summed E-state index contributed by atoms with van der Waals surface area (Å²) in [6, 6.07) is 16.9. The maximum Gasteiger partial charge on any atom is 0.323 e. The van der Waals surface area contributed by atoms with Gasteiger partial charge in [-0.3, -0.25) is 14.5 Å². The molecule has 2 aliphatic rings. The van der Waals surface area contributed by atoms with Gasteiger partial charge >= 0.3 is 5.97 Å². The van der Waals surface area contributed by atoms with E-state index in [-0.39, 0.29) is 12.5 Å². The number of allylic oxidation sites excluding steroid dienone is 2. The van der Waals surface area contributed by atoms with E-state index in [9.17, 15) is 14.7 Å². The summed E-state index contributed by atoms with van der Waals surface area (Å²) in [5.74, 6) is -1.10. The van der Waals surface area contributed by atoms with Crippen LogP contribution in [0.2, 0.25) is 0 Å². The molecule has 140 valence electrons. The van der Waals surface area contributed by atoms with E-state index in [0.717, 1.165) is 21.3 Å². The van der Waals surface area contributed by atoms with Gasteiger partial charge in [0.15, 0.2) is 4.32 Å². The number of hydrogen-bond acceptors (Lipinski definition) is 6. The van der Waals surface area contributed by atoms with Gasteiger partial charge in [-0.2, -0.15) is 0 Å². The number of carbonyl (C=O) groups excluding carboxylic acids is 1. The average molecular weight is 427 g/mol. The first kappa shape index (κ1) is 18.8. The van der Waals surface area contributed by atoms with Crippen molar-refractivity contribution < 1.29 is 14.7 Å². The van der Waals surface area contributed by atoms with Crippen LogP contribution in [0.3, 0.4) is 0 Å². The number of carboxylic acids is 1. The Labute approximate surface area is 175 Å². The number of fused-ring (bicyclic) bond motifs is 1. The summed E-state index contributed by atoms with van der Waals surface area (Å²) in [5.41, 5.74) is 1.59. The quantitative estimate of drug-likeness (QED) is 0.572. The van der Waals surface area contributed by atoms with Crippen LogP contribution in [0, 0.1) is 0 Å². The molecular weight excluding hydrogens is 412 g/mol. The Morgan fingerprint density at radius 1 is 1.04 bits per heavy atom. The molecule has 8 heteroatoms. The van der Waals surface area contributed by atoms with Crippen molar-refractivity contribution in [3.63, 3.8) is 0 Å². The van der Waals surface area contributed by atoms with Crippen LogP contribution in [0.1, 0.15) is 0 Å². The minimum Gasteiger partial charge on any atom is -0.480 e. The summed E-state index contributed by atoms with van der Waals surface area (Å²) >= 11 is 8.10. The van der Waals surface area contributed by atoms with Crippen molar-refractivity contribution in [3.8, 4) is 0 Å². The van der Waals surface area contributed by atoms with Crippen LogP contribution in [0.4, 0.5) is 11.4 Å². The monoisotopic (exact) mass is 426 g/mol. The van der Waals surface area contributed by atoms with Gasteiger partial charge < -0.3 is 10.0 Å². The third-order valence-corrected chi connectivity index (χ3v) is 6.57. The van der Waals surface area contributed by atoms with E-state index in [0.29, 0.717) is 9.23 Å². The van der Waals surface area contributed by atoms with Crippen molar-refractivity contribution in [1.82, 2.24) is 0 Å². The SMILES string of the molecule is O=C(O)CN1/C(=C\C=C2/SC(=S)N(c3ccccc3)C2=O)Sc2ccccc21. The normalized spacial score (nSPS) is 19.0. The van der Waals surface area contributed by atoms with Gasteiger partial charge in [0.05, 0.1) is 21.3 Å². The van der Waals surface area contributed by atoms with E-state index in [4.69, 9.17) is 12.2 Å². The number of carboxylic acid groups (broad SMARTS) is 1. The zero-order valence-electron chi connectivity index (χ0n) is 14.4. The average Bonchev–Trinajstić information content (AvgIpc) is 3.17. The van der Waals surface area contributed by atoms with E-state index in [1.807, 2.05) is 54.6 Å². The minimum atomic E-state index is -0.918. The van der Waals surface area contributed by atoms with E-state index < -0.39 is 5.97 Å². The maximum atomic E-state index is 12.8. The van der Waals surface area contributed by atoms with Crippen LogP contribution in [0.15, 0.2) is 81.6 Å². The number of thioether (sulfide) groups is 2. The summed E-state index contributed by atoms with van der Waals surface area (Å²) in [5, 5.41) is 10.0. The van der Waals surface area contributed by atoms with Gasteiger partial charge in [-0.25, -0.2) is 0 Å². The van der Waals surface area contributed by atoms with E-state index in [2.05, 4.69) is 0 Å². The molecule has 2 aromatic carbocycles. The highest BCUT2D eigenvalue weighted by Gasteiger charge is 2.33. The Kier molecular flexibility index (Phi) is 5.25. The van der Waals surface area contributed by atoms with E-state index in [1.54, 1.807) is 17.1 Å². The number of anilines is 2. The number of carbonyl (C=O) groups is 2. The lowest BCUT2D eigenvalue weighted by molar-refractivity contribution is -0.135. The minimum absolute atomic E-state index is 0.144. The summed E-state index contributed by atoms with van der Waals surface area (Å²) in [6.07, 6.45) is 3.50. The first-order chi connectivity index (χ1) is 13.5. The smallest absolute Gasteiger partial charge is 0.323 e. The van der Waals surface area contributed by atoms with Crippen LogP contribution in [-0.4, -0.2) is 27.8 Å². The third kappa shape index (κ3) is 3.58. The lowest BCUT2D eigenvalue weighted by Crippen LogP contribution is -2.27. The van der Waals surface area contributed by atoms with Gasteiger partial charge in [-0.15, -0.1) is 0 Å². The first-order valence-electron chi connectivity index (χ1n) is 8.34. The Morgan fingerprint density at radius 3 is 2.50 bits per heavy atom. The topological polar surface area (TPSA) is 60.9 Å². The molecule has 4 rings (SSSR count). The number of rotatable bonds is 4. The Balaban J connectivity index is 1.62. The molecule has 28 heavy (non-hydrogen) atoms. The molecule has 1 saturated heterocycles. The lowest BCUT2D eigenvalue weighted by Gasteiger charge is -2.17. The molecule has 0 atom stereocenters. The number of nitrogens with zero attached hydrogens (tertiary/aromatic N) is 2. The molecule has 0 unspecified atom stereocenters. The second-order valence-electron chi connectivity index (χ2n) is 5.93. The predicted molar refractivity (Wildman–Crippen MR) is 118 cm³/mol. The van der Waals surface area contributed by atoms with E-state index >= 15 is 0 Å². The molecular formula is C20H14N2O3S3. The zero-order chi connectivity index (χ0) is 19.7. The van der Waals surface area contributed by atoms with Crippen molar-refractivity contribution in [2.45, 2.75) is 4.90 Å². The largest absolute Gasteiger partial charge is 0.480 e. The molecule has 0 saturated carbocycles. The molecule has 1 fully saturated rings. The standard InChI is InChI=1S/C20H14N2O3S3/c23-18(24)12-21-14-8-4-5-9-15(14)27-17(21)11-10-16-19(25)22(20(26)28-16)13-6-2-1-3-7-13/h1-11H,12H2,(H,23,24)/b16-10-,17-11+. The highest BCUT2D eigenvalue weighted by atomic mass is 32.2. The van der Waals surface area contributed by atoms with Gasteiger partial charge in [0.25, 0.3) is 5.91 Å². The fourth-order valence-corrected chi connectivity index (χ4v) is 5.21. The summed E-state index contributed by atoms with van der Waals surface area (Å²) in [4.78, 5) is 28.8. The van der Waals surface area contributed by atoms with E-state index in [1.165, 1.54) is 28.4 Å². The van der Waals surface area contributed by atoms with Gasteiger partial charge in [0.2, 0.25) is 0 Å². The summed E-state index contributed by atoms with van der Waals surface area (Å²) in [7, 11) is 0. The zero-order valence-corrected chi connectivity index (χ0v) is 16.9. The second-order valence-corrected chi connectivity index (χ2v) is 8.67. The maximum absolute atomic E-state index is 12.8. The highest BCUT2D eigenvalue weighted by Crippen LogP contribution is 2.46. The molecule has 1 amide bonds. The van der Waals surface area contributed by atoms with Crippen molar-refractivity contribution in [2.75, 3.05) is 16.3 Å².